The molecule has 0 amide bonds. The van der Waals surface area contributed by atoms with Crippen molar-refractivity contribution in [2.45, 2.75) is 51.2 Å². The average Bonchev–Trinajstić information content (AvgIpc) is 3.61. The molecule has 1 aliphatic rings. The van der Waals surface area contributed by atoms with Gasteiger partial charge in [0.2, 0.25) is 5.75 Å². The third-order valence-electron chi connectivity index (χ3n) is 8.78. The Morgan fingerprint density at radius 2 is 1.76 bits per heavy atom. The van der Waals surface area contributed by atoms with Crippen molar-refractivity contribution in [2.24, 2.45) is 0 Å². The van der Waals surface area contributed by atoms with Gasteiger partial charge < -0.3 is 34.5 Å². The van der Waals surface area contributed by atoms with Crippen LogP contribution in [-0.2, 0) is 19.3 Å². The third-order valence-corrected chi connectivity index (χ3v) is 8.78. The van der Waals surface area contributed by atoms with E-state index in [1.165, 1.54) is 7.11 Å². The number of phenolic OH excluding ortho intramolecular Hbond substituents is 2. The second-order valence-corrected chi connectivity index (χ2v) is 12.1. The van der Waals surface area contributed by atoms with E-state index < -0.39 is 12.2 Å². The van der Waals surface area contributed by atoms with E-state index in [1.54, 1.807) is 30.3 Å². The van der Waals surface area contributed by atoms with Crippen LogP contribution in [0.15, 0.2) is 97.2 Å². The molecule has 0 fully saturated rings. The van der Waals surface area contributed by atoms with Gasteiger partial charge in [0.05, 0.1) is 19.8 Å². The SMILES string of the molecule is CCc1cc(-c2cccc(CCc3c(O)c(OC)c(OCC[C@@H](O)/C=C/c4ccccc4)c4c3OC(c3ccc(O)cc3)CC4=[OH+])c2)c[n-]1. The zero-order chi connectivity index (χ0) is 34.3. The molecule has 1 unspecified atom stereocenters. The van der Waals surface area contributed by atoms with Gasteiger partial charge in [0.15, 0.2) is 17.1 Å². The second kappa shape index (κ2) is 15.2. The highest BCUT2D eigenvalue weighted by Crippen LogP contribution is 2.52. The lowest BCUT2D eigenvalue weighted by atomic mass is 9.90. The van der Waals surface area contributed by atoms with Crippen LogP contribution in [0.2, 0.25) is 0 Å². The van der Waals surface area contributed by atoms with Gasteiger partial charge in [-0.15, -0.1) is 0 Å². The lowest BCUT2D eigenvalue weighted by Gasteiger charge is -2.28. The van der Waals surface area contributed by atoms with Gasteiger partial charge in [-0.05, 0) is 52.8 Å². The normalized spacial score (nSPS) is 14.8. The van der Waals surface area contributed by atoms with Crippen molar-refractivity contribution in [3.05, 3.63) is 131 Å². The summed E-state index contributed by atoms with van der Waals surface area (Å²) < 4.78 is 18.4. The molecule has 252 valence electrons. The van der Waals surface area contributed by atoms with E-state index in [9.17, 15) is 20.1 Å². The van der Waals surface area contributed by atoms with Gasteiger partial charge in [0.1, 0.15) is 24.0 Å². The molecular weight excluding hydrogens is 618 g/mol. The molecule has 8 heteroatoms. The van der Waals surface area contributed by atoms with Gasteiger partial charge >= 0.3 is 5.78 Å². The number of aliphatic hydroxyl groups excluding tert-OH is 1. The van der Waals surface area contributed by atoms with Crippen LogP contribution in [0.25, 0.3) is 17.2 Å². The van der Waals surface area contributed by atoms with Crippen LogP contribution in [0.5, 0.6) is 28.7 Å². The number of phenols is 2. The molecule has 0 saturated carbocycles. The lowest BCUT2D eigenvalue weighted by molar-refractivity contribution is 0.172. The summed E-state index contributed by atoms with van der Waals surface area (Å²) in [5, 5.41) is 32.2. The summed E-state index contributed by atoms with van der Waals surface area (Å²) >= 11 is 0. The average molecular weight is 660 g/mol. The van der Waals surface area contributed by atoms with Gasteiger partial charge in [-0.25, -0.2) is 0 Å². The molecule has 8 nitrogen and oxygen atoms in total. The van der Waals surface area contributed by atoms with Crippen molar-refractivity contribution in [3.63, 3.8) is 0 Å². The molecular formula is C41H41NO7. The first-order chi connectivity index (χ1) is 23.8. The zero-order valence-electron chi connectivity index (χ0n) is 27.7. The van der Waals surface area contributed by atoms with E-state index in [4.69, 9.17) is 14.2 Å². The fraction of sp³-hybridized carbons (Fsp3) is 0.244. The maximum absolute atomic E-state index is 11.7. The number of ketones is 1. The molecule has 4 aromatic carbocycles. The fourth-order valence-electron chi connectivity index (χ4n) is 6.11. The summed E-state index contributed by atoms with van der Waals surface area (Å²) in [6.45, 7) is 2.16. The molecule has 5 aromatic rings. The van der Waals surface area contributed by atoms with Crippen molar-refractivity contribution >= 4 is 11.9 Å². The van der Waals surface area contributed by atoms with Gasteiger partial charge in [0, 0.05) is 12.0 Å². The number of ether oxygens (including phenoxy) is 3. The summed E-state index contributed by atoms with van der Waals surface area (Å²) in [6.07, 6.45) is 6.30. The molecule has 49 heavy (non-hydrogen) atoms. The van der Waals surface area contributed by atoms with Crippen molar-refractivity contribution in [2.75, 3.05) is 13.7 Å². The number of benzene rings is 4. The molecule has 0 radical (unpaired) electrons. The van der Waals surface area contributed by atoms with Gasteiger partial charge in [-0.3, -0.25) is 4.79 Å². The monoisotopic (exact) mass is 659 g/mol. The Kier molecular flexibility index (Phi) is 10.4. The van der Waals surface area contributed by atoms with Crippen molar-refractivity contribution in [1.82, 2.24) is 4.98 Å². The molecule has 0 bridgehead atoms. The lowest BCUT2D eigenvalue weighted by Crippen LogP contribution is -2.24. The third kappa shape index (κ3) is 7.66. The Balaban J connectivity index is 1.30. The van der Waals surface area contributed by atoms with Crippen LogP contribution < -0.4 is 19.2 Å². The number of nitrogens with zero attached hydrogens (tertiary/aromatic N) is 1. The number of rotatable bonds is 13. The summed E-state index contributed by atoms with van der Waals surface area (Å²) in [5.41, 5.74) is 6.75. The number of aromatic hydroxyl groups is 2. The van der Waals surface area contributed by atoms with E-state index >= 15 is 0 Å². The highest BCUT2D eigenvalue weighted by molar-refractivity contribution is 6.05. The van der Waals surface area contributed by atoms with Crippen LogP contribution in [0.4, 0.5) is 0 Å². The topological polar surface area (TPSA) is 124 Å². The maximum atomic E-state index is 11.7. The quantitative estimate of drug-likeness (QED) is 0.113. The van der Waals surface area contributed by atoms with Gasteiger partial charge in [0.25, 0.3) is 0 Å². The van der Waals surface area contributed by atoms with Crippen LogP contribution in [0.3, 0.4) is 0 Å². The van der Waals surface area contributed by atoms with E-state index in [2.05, 4.69) is 30.1 Å². The molecule has 0 aliphatic carbocycles. The smallest absolute Gasteiger partial charge is 0.335 e. The summed E-state index contributed by atoms with van der Waals surface area (Å²) in [4.78, 5) is 16.0. The Bertz CT molecular complexity index is 1930. The first-order valence-corrected chi connectivity index (χ1v) is 16.6. The number of aryl methyl sites for hydroxylation is 2. The van der Waals surface area contributed by atoms with Crippen molar-refractivity contribution < 1.29 is 34.3 Å². The highest BCUT2D eigenvalue weighted by Gasteiger charge is 2.40. The zero-order valence-corrected chi connectivity index (χ0v) is 27.7. The Morgan fingerprint density at radius 1 is 0.959 bits per heavy atom. The van der Waals surface area contributed by atoms with Crippen LogP contribution >= 0.6 is 0 Å². The van der Waals surface area contributed by atoms with E-state index in [0.29, 0.717) is 29.7 Å². The number of fused-ring (bicyclic) bond motifs is 1. The molecule has 2 heterocycles. The number of hydrogen-bond acceptors (Lipinski definition) is 6. The minimum atomic E-state index is -0.781. The van der Waals surface area contributed by atoms with E-state index in [0.717, 1.165) is 39.9 Å². The Hall–Kier alpha value is -5.47. The Labute approximate surface area is 286 Å². The van der Waals surface area contributed by atoms with E-state index in [-0.39, 0.29) is 48.2 Å². The number of aliphatic hydroxyl groups is 1. The summed E-state index contributed by atoms with van der Waals surface area (Å²) in [5.74, 6) is 0.559. The van der Waals surface area contributed by atoms with Crippen molar-refractivity contribution in [1.29, 1.82) is 0 Å². The van der Waals surface area contributed by atoms with Gasteiger partial charge in [-0.2, -0.15) is 11.9 Å². The predicted molar refractivity (Wildman–Crippen MR) is 190 cm³/mol. The van der Waals surface area contributed by atoms with E-state index in [1.807, 2.05) is 54.7 Å². The standard InChI is InChI=1S/C41H40NO7/c1-3-31-23-30(25-42-31)29-11-7-10-27(22-29)13-19-34-38(46)41(47-2)40(48-21-20-33(44)16-12-26-8-5-4-6-9-26)37-35(45)24-36(49-39(34)37)28-14-17-32(43)18-15-28/h4-12,14-18,22-23,25,33,36,43-44H,3,13,19-21,24H2,1-2H3,(H,45,46)/q-1/p+1/b16-12+/t33-,36?/m0/s1. The minimum Gasteiger partial charge on any atom is -0.667 e. The predicted octanol–water partition coefficient (Wildman–Crippen LogP) is 7.34. The summed E-state index contributed by atoms with van der Waals surface area (Å²) in [7, 11) is 1.44. The molecule has 6 rings (SSSR count). The fourth-order valence-corrected chi connectivity index (χ4v) is 6.11. The molecule has 1 aliphatic heterocycles. The second-order valence-electron chi connectivity index (χ2n) is 12.1. The molecule has 0 spiro atoms. The maximum Gasteiger partial charge on any atom is 0.335 e. The highest BCUT2D eigenvalue weighted by atomic mass is 16.5. The van der Waals surface area contributed by atoms with Gasteiger partial charge in [-0.1, -0.05) is 98.3 Å². The first-order valence-electron chi connectivity index (χ1n) is 16.6. The largest absolute Gasteiger partial charge is 0.667 e. The number of methoxy groups -OCH3 is 1. The van der Waals surface area contributed by atoms with Crippen molar-refractivity contribution in [3.8, 4) is 39.9 Å². The van der Waals surface area contributed by atoms with Crippen LogP contribution in [-0.4, -0.2) is 45.7 Å². The summed E-state index contributed by atoms with van der Waals surface area (Å²) in [6, 6.07) is 26.7. The van der Waals surface area contributed by atoms with Crippen LogP contribution in [0, 0.1) is 0 Å². The minimum absolute atomic E-state index is 0.0239. The molecule has 2 atom stereocenters. The molecule has 4 N–H and O–H groups in total. The Morgan fingerprint density at radius 3 is 2.49 bits per heavy atom. The molecule has 0 saturated heterocycles. The molecule has 1 aromatic heterocycles. The first kappa shape index (κ1) is 33.4. The number of carbonyl (C=O) groups excluding carboxylic acids is 1. The number of aromatic nitrogens is 1. The van der Waals surface area contributed by atoms with Crippen LogP contribution in [0.1, 0.15) is 59.4 Å². The number of hydrogen-bond donors (Lipinski definition) is 3.